The Morgan fingerprint density at radius 2 is 2.16 bits per heavy atom. The van der Waals surface area contributed by atoms with Gasteiger partial charge in [0.15, 0.2) is 0 Å². The normalized spacial score (nSPS) is 12.3. The number of para-hydroxylation sites is 1. The van der Waals surface area contributed by atoms with Crippen LogP contribution in [0.5, 0.6) is 0 Å². The number of fused-ring (bicyclic) bond motifs is 1. The van der Waals surface area contributed by atoms with Gasteiger partial charge in [-0.15, -0.1) is 0 Å². The number of methoxy groups -OCH3 is 1. The summed E-state index contributed by atoms with van der Waals surface area (Å²) in [5.41, 5.74) is -0.170. The molecule has 2 aromatic rings. The van der Waals surface area contributed by atoms with Gasteiger partial charge in [-0.05, 0) is 19.1 Å². The molecule has 2 rings (SSSR count). The van der Waals surface area contributed by atoms with Crippen LogP contribution in [0.3, 0.4) is 0 Å². The summed E-state index contributed by atoms with van der Waals surface area (Å²) >= 11 is 0. The zero-order valence-electron chi connectivity index (χ0n) is 10.8. The molecule has 1 amide bonds. The van der Waals surface area contributed by atoms with Crippen molar-refractivity contribution in [3.05, 3.63) is 46.3 Å². The first kappa shape index (κ1) is 13.3. The summed E-state index contributed by atoms with van der Waals surface area (Å²) in [5.74, 6) is -0.455. The second-order valence-corrected chi connectivity index (χ2v) is 4.32. The Morgan fingerprint density at radius 1 is 1.42 bits per heavy atom. The monoisotopic (exact) mass is 261 g/mol. The molecule has 0 unspecified atom stereocenters. The molecule has 19 heavy (non-hydrogen) atoms. The molecule has 1 N–H and O–H groups in total. The fraction of sp³-hybridized carbons (Fsp3) is 0.286. The molecule has 1 heterocycles. The van der Waals surface area contributed by atoms with Crippen molar-refractivity contribution in [3.8, 4) is 0 Å². The van der Waals surface area contributed by atoms with Gasteiger partial charge in [0.2, 0.25) is 0 Å². The van der Waals surface area contributed by atoms with E-state index in [9.17, 15) is 9.59 Å². The zero-order chi connectivity index (χ0) is 13.8. The van der Waals surface area contributed by atoms with Gasteiger partial charge in [-0.2, -0.15) is 0 Å². The largest absolute Gasteiger partial charge is 0.422 e. The summed E-state index contributed by atoms with van der Waals surface area (Å²) in [4.78, 5) is 23.7. The summed E-state index contributed by atoms with van der Waals surface area (Å²) in [6.45, 7) is 2.18. The van der Waals surface area contributed by atoms with Gasteiger partial charge in [-0.3, -0.25) is 4.79 Å². The van der Waals surface area contributed by atoms with E-state index in [1.54, 1.807) is 32.2 Å². The van der Waals surface area contributed by atoms with E-state index >= 15 is 0 Å². The summed E-state index contributed by atoms with van der Waals surface area (Å²) in [6.07, 6.45) is 0. The van der Waals surface area contributed by atoms with Crippen LogP contribution in [0, 0.1) is 0 Å². The molecule has 0 radical (unpaired) electrons. The standard InChI is InChI=1S/C14H15NO4/c1-9(8-18-2)15-13(16)11-7-10-5-3-4-6-12(10)19-14(11)17/h3-7,9H,8H2,1-2H3,(H,15,16)/t9-/m0/s1. The first-order valence-corrected chi connectivity index (χ1v) is 5.94. The van der Waals surface area contributed by atoms with E-state index < -0.39 is 11.5 Å². The van der Waals surface area contributed by atoms with Gasteiger partial charge < -0.3 is 14.5 Å². The van der Waals surface area contributed by atoms with E-state index in [2.05, 4.69) is 5.32 Å². The third kappa shape index (κ3) is 3.00. The summed E-state index contributed by atoms with van der Waals surface area (Å²) in [5, 5.41) is 3.39. The minimum Gasteiger partial charge on any atom is -0.422 e. The van der Waals surface area contributed by atoms with Crippen molar-refractivity contribution in [1.29, 1.82) is 0 Å². The van der Waals surface area contributed by atoms with Crippen LogP contribution in [-0.4, -0.2) is 25.7 Å². The van der Waals surface area contributed by atoms with Gasteiger partial charge in [0, 0.05) is 18.5 Å². The molecule has 0 saturated carbocycles. The number of nitrogens with one attached hydrogen (secondary N) is 1. The Morgan fingerprint density at radius 3 is 2.89 bits per heavy atom. The van der Waals surface area contributed by atoms with Gasteiger partial charge in [0.05, 0.1) is 6.61 Å². The predicted molar refractivity (Wildman–Crippen MR) is 71.3 cm³/mol. The van der Waals surface area contributed by atoms with E-state index in [-0.39, 0.29) is 11.6 Å². The molecule has 5 nitrogen and oxygen atoms in total. The average molecular weight is 261 g/mol. The molecule has 1 aromatic heterocycles. The third-order valence-electron chi connectivity index (χ3n) is 2.68. The molecule has 1 atom stereocenters. The molecule has 0 fully saturated rings. The molecule has 0 aliphatic carbocycles. The van der Waals surface area contributed by atoms with Gasteiger partial charge in [0.25, 0.3) is 5.91 Å². The van der Waals surface area contributed by atoms with Crippen molar-refractivity contribution in [2.45, 2.75) is 13.0 Å². The fourth-order valence-corrected chi connectivity index (χ4v) is 1.81. The lowest BCUT2D eigenvalue weighted by Gasteiger charge is -2.12. The van der Waals surface area contributed by atoms with Crippen LogP contribution in [0.4, 0.5) is 0 Å². The molecule has 5 heteroatoms. The van der Waals surface area contributed by atoms with Crippen LogP contribution in [0.15, 0.2) is 39.5 Å². The first-order chi connectivity index (χ1) is 9.11. The molecule has 100 valence electrons. The summed E-state index contributed by atoms with van der Waals surface area (Å²) in [7, 11) is 1.55. The van der Waals surface area contributed by atoms with E-state index in [0.29, 0.717) is 17.6 Å². The lowest BCUT2D eigenvalue weighted by molar-refractivity contribution is 0.0902. The average Bonchev–Trinajstić information content (AvgIpc) is 2.38. The molecule has 0 bridgehead atoms. The summed E-state index contributed by atoms with van der Waals surface area (Å²) < 4.78 is 10.0. The van der Waals surface area contributed by atoms with Gasteiger partial charge in [-0.1, -0.05) is 18.2 Å². The molecule has 0 saturated heterocycles. The molecule has 0 aliphatic heterocycles. The number of benzene rings is 1. The number of hydrogen-bond donors (Lipinski definition) is 1. The number of carbonyl (C=O) groups excluding carboxylic acids is 1. The highest BCUT2D eigenvalue weighted by atomic mass is 16.5. The predicted octanol–water partition coefficient (Wildman–Crippen LogP) is 1.56. The van der Waals surface area contributed by atoms with E-state index in [4.69, 9.17) is 9.15 Å². The van der Waals surface area contributed by atoms with Crippen molar-refractivity contribution in [2.75, 3.05) is 13.7 Å². The smallest absolute Gasteiger partial charge is 0.349 e. The molecular weight excluding hydrogens is 246 g/mol. The second kappa shape index (κ2) is 5.67. The van der Waals surface area contributed by atoms with Gasteiger partial charge >= 0.3 is 5.63 Å². The maximum Gasteiger partial charge on any atom is 0.349 e. The van der Waals surface area contributed by atoms with Crippen LogP contribution in [-0.2, 0) is 4.74 Å². The highest BCUT2D eigenvalue weighted by Crippen LogP contribution is 2.12. The van der Waals surface area contributed by atoms with E-state index in [1.165, 1.54) is 6.07 Å². The van der Waals surface area contributed by atoms with Crippen molar-refractivity contribution in [3.63, 3.8) is 0 Å². The second-order valence-electron chi connectivity index (χ2n) is 4.32. The number of ether oxygens (including phenoxy) is 1. The lowest BCUT2D eigenvalue weighted by Crippen LogP contribution is -2.37. The van der Waals surface area contributed by atoms with Crippen LogP contribution in [0.1, 0.15) is 17.3 Å². The quantitative estimate of drug-likeness (QED) is 0.848. The topological polar surface area (TPSA) is 68.5 Å². The Balaban J connectivity index is 2.31. The van der Waals surface area contributed by atoms with Crippen LogP contribution >= 0.6 is 0 Å². The highest BCUT2D eigenvalue weighted by molar-refractivity contribution is 5.96. The molecule has 0 aliphatic rings. The highest BCUT2D eigenvalue weighted by Gasteiger charge is 2.15. The number of rotatable bonds is 4. The van der Waals surface area contributed by atoms with E-state index in [1.807, 2.05) is 6.07 Å². The minimum absolute atomic E-state index is 0.00153. The van der Waals surface area contributed by atoms with Crippen molar-refractivity contribution >= 4 is 16.9 Å². The van der Waals surface area contributed by atoms with Crippen LogP contribution in [0.2, 0.25) is 0 Å². The maximum absolute atomic E-state index is 12.0. The molecule has 1 aromatic carbocycles. The molecule has 0 spiro atoms. The Bertz CT molecular complexity index is 647. The third-order valence-corrected chi connectivity index (χ3v) is 2.68. The Labute approximate surface area is 110 Å². The number of hydrogen-bond acceptors (Lipinski definition) is 4. The first-order valence-electron chi connectivity index (χ1n) is 5.94. The van der Waals surface area contributed by atoms with Crippen LogP contribution in [0.25, 0.3) is 11.0 Å². The van der Waals surface area contributed by atoms with Crippen molar-refractivity contribution < 1.29 is 13.9 Å². The number of amides is 1. The molecular formula is C14H15NO4. The van der Waals surface area contributed by atoms with Crippen LogP contribution < -0.4 is 10.9 Å². The number of carbonyl (C=O) groups is 1. The van der Waals surface area contributed by atoms with E-state index in [0.717, 1.165) is 0 Å². The van der Waals surface area contributed by atoms with Gasteiger partial charge in [-0.25, -0.2) is 4.79 Å². The Kier molecular flexibility index (Phi) is 3.97. The zero-order valence-corrected chi connectivity index (χ0v) is 10.8. The summed E-state index contributed by atoms with van der Waals surface area (Å²) in [6, 6.07) is 8.42. The van der Waals surface area contributed by atoms with Crippen molar-refractivity contribution in [1.82, 2.24) is 5.32 Å². The SMILES string of the molecule is COC[C@H](C)NC(=O)c1cc2ccccc2oc1=O. The minimum atomic E-state index is -0.638. The Hall–Kier alpha value is -2.14. The lowest BCUT2D eigenvalue weighted by atomic mass is 10.1. The van der Waals surface area contributed by atoms with Crippen molar-refractivity contribution in [2.24, 2.45) is 0 Å². The fourth-order valence-electron chi connectivity index (χ4n) is 1.81. The maximum atomic E-state index is 12.0. The van der Waals surface area contributed by atoms with Gasteiger partial charge in [0.1, 0.15) is 11.1 Å².